The summed E-state index contributed by atoms with van der Waals surface area (Å²) in [6, 6.07) is 12.2. The molecule has 0 saturated heterocycles. The summed E-state index contributed by atoms with van der Waals surface area (Å²) in [4.78, 5) is 4.57. The molecule has 0 fully saturated rings. The minimum atomic E-state index is 0.739. The highest BCUT2D eigenvalue weighted by molar-refractivity contribution is 5.51. The first-order valence-corrected chi connectivity index (χ1v) is 7.00. The van der Waals surface area contributed by atoms with Crippen molar-refractivity contribution < 1.29 is 4.74 Å². The van der Waals surface area contributed by atoms with E-state index < -0.39 is 0 Å². The predicted octanol–water partition coefficient (Wildman–Crippen LogP) is 3.57. The maximum Gasteiger partial charge on any atom is 0.137 e. The number of imidazole rings is 1. The molecule has 3 rings (SSSR count). The standard InChI is InChI=1S/C17H19N3O/c1-12-10-14(7-8-16(12)21-3)18-11-15-13(2)19-17-6-4-5-9-20(15)17/h4-10,18H,11H2,1-3H3. The zero-order chi connectivity index (χ0) is 14.8. The van der Waals surface area contributed by atoms with Gasteiger partial charge in [-0.1, -0.05) is 6.07 Å². The summed E-state index contributed by atoms with van der Waals surface area (Å²) in [5.41, 5.74) is 5.42. The summed E-state index contributed by atoms with van der Waals surface area (Å²) in [5, 5.41) is 3.46. The maximum absolute atomic E-state index is 5.29. The van der Waals surface area contributed by atoms with Crippen molar-refractivity contribution in [3.8, 4) is 5.75 Å². The van der Waals surface area contributed by atoms with Crippen molar-refractivity contribution in [2.24, 2.45) is 0 Å². The Bertz CT molecular complexity index is 777. The van der Waals surface area contributed by atoms with E-state index in [0.29, 0.717) is 0 Å². The van der Waals surface area contributed by atoms with Gasteiger partial charge in [0, 0.05) is 11.9 Å². The molecule has 0 unspecified atom stereocenters. The van der Waals surface area contributed by atoms with Crippen LogP contribution in [0.25, 0.3) is 5.65 Å². The molecule has 0 saturated carbocycles. The fourth-order valence-electron chi connectivity index (χ4n) is 2.55. The van der Waals surface area contributed by atoms with E-state index in [4.69, 9.17) is 4.74 Å². The summed E-state index contributed by atoms with van der Waals surface area (Å²) in [5.74, 6) is 0.909. The van der Waals surface area contributed by atoms with Gasteiger partial charge in [-0.2, -0.15) is 0 Å². The van der Waals surface area contributed by atoms with Gasteiger partial charge < -0.3 is 14.5 Å². The lowest BCUT2D eigenvalue weighted by Crippen LogP contribution is -2.04. The van der Waals surface area contributed by atoms with Crippen molar-refractivity contribution >= 4 is 11.3 Å². The smallest absolute Gasteiger partial charge is 0.137 e. The van der Waals surface area contributed by atoms with Gasteiger partial charge in [0.15, 0.2) is 0 Å². The second kappa shape index (κ2) is 5.48. The Hall–Kier alpha value is -2.49. The number of anilines is 1. The molecule has 0 radical (unpaired) electrons. The van der Waals surface area contributed by atoms with Crippen LogP contribution in [0.5, 0.6) is 5.75 Å². The Balaban J connectivity index is 1.83. The number of hydrogen-bond donors (Lipinski definition) is 1. The SMILES string of the molecule is COc1ccc(NCc2c(C)nc3ccccn23)cc1C. The first-order chi connectivity index (χ1) is 10.2. The molecule has 0 aliphatic carbocycles. The van der Waals surface area contributed by atoms with Crippen LogP contribution in [0.4, 0.5) is 5.69 Å². The van der Waals surface area contributed by atoms with E-state index in [1.807, 2.05) is 50.4 Å². The molecule has 0 atom stereocenters. The third-order valence-electron chi connectivity index (χ3n) is 3.68. The lowest BCUT2D eigenvalue weighted by Gasteiger charge is -2.10. The second-order valence-electron chi connectivity index (χ2n) is 5.11. The number of aryl methyl sites for hydroxylation is 2. The fraction of sp³-hybridized carbons (Fsp3) is 0.235. The summed E-state index contributed by atoms with van der Waals surface area (Å²) >= 11 is 0. The summed E-state index contributed by atoms with van der Waals surface area (Å²) < 4.78 is 7.41. The summed E-state index contributed by atoms with van der Waals surface area (Å²) in [6.45, 7) is 4.83. The number of hydrogen-bond acceptors (Lipinski definition) is 3. The number of rotatable bonds is 4. The van der Waals surface area contributed by atoms with Gasteiger partial charge in [0.1, 0.15) is 11.4 Å². The van der Waals surface area contributed by atoms with Gasteiger partial charge in [0.05, 0.1) is 25.0 Å². The molecule has 0 aliphatic heterocycles. The van der Waals surface area contributed by atoms with E-state index in [1.54, 1.807) is 7.11 Å². The van der Waals surface area contributed by atoms with Crippen LogP contribution >= 0.6 is 0 Å². The molecule has 4 heteroatoms. The topological polar surface area (TPSA) is 38.6 Å². The van der Waals surface area contributed by atoms with Gasteiger partial charge in [-0.05, 0) is 49.7 Å². The Morgan fingerprint density at radius 2 is 2.05 bits per heavy atom. The Morgan fingerprint density at radius 1 is 1.19 bits per heavy atom. The zero-order valence-corrected chi connectivity index (χ0v) is 12.6. The quantitative estimate of drug-likeness (QED) is 0.794. The molecule has 0 bridgehead atoms. The minimum absolute atomic E-state index is 0.739. The zero-order valence-electron chi connectivity index (χ0n) is 12.6. The van der Waals surface area contributed by atoms with E-state index in [1.165, 1.54) is 5.69 Å². The summed E-state index contributed by atoms with van der Waals surface area (Å²) in [7, 11) is 1.69. The number of pyridine rings is 1. The van der Waals surface area contributed by atoms with Crippen LogP contribution < -0.4 is 10.1 Å². The van der Waals surface area contributed by atoms with Gasteiger partial charge in [-0.3, -0.25) is 0 Å². The van der Waals surface area contributed by atoms with E-state index >= 15 is 0 Å². The van der Waals surface area contributed by atoms with Gasteiger partial charge in [0.25, 0.3) is 0 Å². The van der Waals surface area contributed by atoms with E-state index in [9.17, 15) is 0 Å². The molecule has 3 aromatic rings. The molecule has 21 heavy (non-hydrogen) atoms. The van der Waals surface area contributed by atoms with Gasteiger partial charge in [-0.25, -0.2) is 4.98 Å². The first kappa shape index (κ1) is 13.5. The Morgan fingerprint density at radius 3 is 2.81 bits per heavy atom. The largest absolute Gasteiger partial charge is 0.496 e. The van der Waals surface area contributed by atoms with Gasteiger partial charge in [0.2, 0.25) is 0 Å². The molecule has 4 nitrogen and oxygen atoms in total. The number of nitrogens with zero attached hydrogens (tertiary/aromatic N) is 2. The van der Waals surface area contributed by atoms with Crippen molar-refractivity contribution in [2.45, 2.75) is 20.4 Å². The molecule has 0 amide bonds. The molecule has 0 aliphatic rings. The highest BCUT2D eigenvalue weighted by Crippen LogP contribution is 2.22. The summed E-state index contributed by atoms with van der Waals surface area (Å²) in [6.07, 6.45) is 2.05. The number of ether oxygens (including phenoxy) is 1. The lowest BCUT2D eigenvalue weighted by atomic mass is 10.2. The van der Waals surface area contributed by atoms with Crippen LogP contribution in [0.15, 0.2) is 42.6 Å². The van der Waals surface area contributed by atoms with E-state index in [0.717, 1.165) is 34.9 Å². The lowest BCUT2D eigenvalue weighted by molar-refractivity contribution is 0.412. The second-order valence-corrected chi connectivity index (χ2v) is 5.11. The molecule has 1 N–H and O–H groups in total. The van der Waals surface area contributed by atoms with Crippen molar-refractivity contribution in [1.82, 2.24) is 9.38 Å². The van der Waals surface area contributed by atoms with Crippen LogP contribution in [0.2, 0.25) is 0 Å². The predicted molar refractivity (Wildman–Crippen MR) is 85.0 cm³/mol. The van der Waals surface area contributed by atoms with Crippen molar-refractivity contribution in [3.05, 3.63) is 59.5 Å². The molecular weight excluding hydrogens is 262 g/mol. The molecule has 0 spiro atoms. The molecule has 108 valence electrons. The van der Waals surface area contributed by atoms with E-state index in [2.05, 4.69) is 20.8 Å². The third kappa shape index (κ3) is 2.57. The monoisotopic (exact) mass is 281 g/mol. The van der Waals surface area contributed by atoms with Gasteiger partial charge >= 0.3 is 0 Å². The van der Waals surface area contributed by atoms with Crippen molar-refractivity contribution in [2.75, 3.05) is 12.4 Å². The maximum atomic E-state index is 5.29. The number of aromatic nitrogens is 2. The highest BCUT2D eigenvalue weighted by Gasteiger charge is 2.08. The van der Waals surface area contributed by atoms with Crippen LogP contribution in [-0.4, -0.2) is 16.5 Å². The molecular formula is C17H19N3O. The van der Waals surface area contributed by atoms with Crippen molar-refractivity contribution in [3.63, 3.8) is 0 Å². The fourth-order valence-corrected chi connectivity index (χ4v) is 2.55. The normalized spacial score (nSPS) is 10.8. The molecule has 1 aromatic carbocycles. The average Bonchev–Trinajstić information content (AvgIpc) is 2.81. The number of benzene rings is 1. The van der Waals surface area contributed by atoms with Gasteiger partial charge in [-0.15, -0.1) is 0 Å². The van der Waals surface area contributed by atoms with E-state index in [-0.39, 0.29) is 0 Å². The Labute approximate surface area is 124 Å². The average molecular weight is 281 g/mol. The molecule has 2 heterocycles. The van der Waals surface area contributed by atoms with Crippen LogP contribution in [0.3, 0.4) is 0 Å². The number of fused-ring (bicyclic) bond motifs is 1. The first-order valence-electron chi connectivity index (χ1n) is 7.00. The minimum Gasteiger partial charge on any atom is -0.496 e. The van der Waals surface area contributed by atoms with Crippen LogP contribution in [-0.2, 0) is 6.54 Å². The highest BCUT2D eigenvalue weighted by atomic mass is 16.5. The van der Waals surface area contributed by atoms with Crippen LogP contribution in [0, 0.1) is 13.8 Å². The number of nitrogens with one attached hydrogen (secondary N) is 1. The molecule has 2 aromatic heterocycles. The number of methoxy groups -OCH3 is 1. The van der Waals surface area contributed by atoms with Crippen molar-refractivity contribution in [1.29, 1.82) is 0 Å². The van der Waals surface area contributed by atoms with Crippen LogP contribution in [0.1, 0.15) is 17.0 Å². The third-order valence-corrected chi connectivity index (χ3v) is 3.68. The Kier molecular flexibility index (Phi) is 3.52.